The standard InChI is InChI=1S/C5H5N2OS/c6-5(9)7-4-2-1-3-8-4/h1-3,6H,(H,7,9). The molecule has 1 heterocycles. The number of anilines is 1. The molecule has 0 amide bonds. The largest absolute Gasteiger partial charge is 0.449 e. The van der Waals surface area contributed by atoms with E-state index in [1.165, 1.54) is 6.26 Å². The van der Waals surface area contributed by atoms with E-state index in [1.807, 2.05) is 0 Å². The predicted octanol–water partition coefficient (Wildman–Crippen LogP) is 1.26. The van der Waals surface area contributed by atoms with Gasteiger partial charge in [-0.3, -0.25) is 5.73 Å². The zero-order valence-electron chi connectivity index (χ0n) is 4.55. The molecule has 0 aromatic carbocycles. The Hall–Kier alpha value is -1.03. The monoisotopic (exact) mass is 141 g/mol. The number of hydrogen-bond donors (Lipinski definition) is 1. The third kappa shape index (κ3) is 1.73. The van der Waals surface area contributed by atoms with Crippen molar-refractivity contribution in [1.82, 2.24) is 5.73 Å². The first-order chi connectivity index (χ1) is 4.29. The highest BCUT2D eigenvalue weighted by atomic mass is 32.1. The summed E-state index contributed by atoms with van der Waals surface area (Å²) in [5.74, 6) is 0.509. The molecular formula is C5H5N2OS. The van der Waals surface area contributed by atoms with Crippen LogP contribution in [-0.4, -0.2) is 5.11 Å². The normalized spacial score (nSPS) is 8.89. The van der Waals surface area contributed by atoms with Crippen LogP contribution in [0.15, 0.2) is 22.8 Å². The number of nitrogens with one attached hydrogen (secondary N) is 2. The van der Waals surface area contributed by atoms with Gasteiger partial charge in [-0.05, 0) is 18.3 Å². The van der Waals surface area contributed by atoms with E-state index in [0.29, 0.717) is 5.88 Å². The van der Waals surface area contributed by atoms with Crippen molar-refractivity contribution in [2.45, 2.75) is 0 Å². The van der Waals surface area contributed by atoms with Gasteiger partial charge in [0, 0.05) is 6.07 Å². The highest BCUT2D eigenvalue weighted by Gasteiger charge is 1.92. The van der Waals surface area contributed by atoms with Gasteiger partial charge in [-0.15, -0.1) is 0 Å². The molecule has 2 N–H and O–H groups in total. The Kier molecular flexibility index (Phi) is 1.69. The van der Waals surface area contributed by atoms with Crippen LogP contribution < -0.4 is 11.1 Å². The fourth-order valence-electron chi connectivity index (χ4n) is 0.462. The highest BCUT2D eigenvalue weighted by molar-refractivity contribution is 7.80. The van der Waals surface area contributed by atoms with Gasteiger partial charge in [-0.25, -0.2) is 0 Å². The molecule has 47 valence electrons. The first-order valence-electron chi connectivity index (χ1n) is 2.35. The van der Waals surface area contributed by atoms with Crippen LogP contribution in [0.3, 0.4) is 0 Å². The van der Waals surface area contributed by atoms with Crippen molar-refractivity contribution in [3.63, 3.8) is 0 Å². The quantitative estimate of drug-likeness (QED) is 0.599. The van der Waals surface area contributed by atoms with Gasteiger partial charge >= 0.3 is 0 Å². The molecule has 1 rings (SSSR count). The number of furan rings is 1. The Morgan fingerprint density at radius 2 is 2.56 bits per heavy atom. The topological polar surface area (TPSA) is 49.0 Å². The van der Waals surface area contributed by atoms with E-state index in [9.17, 15) is 0 Å². The molecule has 0 bridgehead atoms. The van der Waals surface area contributed by atoms with Gasteiger partial charge in [0.05, 0.1) is 6.26 Å². The molecule has 0 aliphatic heterocycles. The van der Waals surface area contributed by atoms with Crippen LogP contribution in [-0.2, 0) is 0 Å². The van der Waals surface area contributed by atoms with Gasteiger partial charge in [-0.1, -0.05) is 0 Å². The van der Waals surface area contributed by atoms with E-state index in [1.54, 1.807) is 12.1 Å². The van der Waals surface area contributed by atoms with E-state index in [2.05, 4.69) is 17.5 Å². The summed E-state index contributed by atoms with van der Waals surface area (Å²) in [7, 11) is 0. The fraction of sp³-hybridized carbons (Fsp3) is 0. The van der Waals surface area contributed by atoms with Crippen molar-refractivity contribution < 1.29 is 4.42 Å². The van der Waals surface area contributed by atoms with Crippen molar-refractivity contribution >= 4 is 23.2 Å². The molecule has 0 saturated heterocycles. The molecule has 3 nitrogen and oxygen atoms in total. The molecular weight excluding hydrogens is 136 g/mol. The van der Waals surface area contributed by atoms with Gasteiger partial charge in [0.1, 0.15) is 0 Å². The van der Waals surface area contributed by atoms with E-state index in [4.69, 9.17) is 10.2 Å². The van der Waals surface area contributed by atoms with Crippen LogP contribution in [0.4, 0.5) is 5.88 Å². The molecule has 4 heteroatoms. The molecule has 0 spiro atoms. The van der Waals surface area contributed by atoms with E-state index in [0.717, 1.165) is 0 Å². The Labute approximate surface area is 57.8 Å². The Balaban J connectivity index is 2.58. The number of hydrogen-bond acceptors (Lipinski definition) is 2. The maximum atomic E-state index is 6.81. The molecule has 0 saturated carbocycles. The summed E-state index contributed by atoms with van der Waals surface area (Å²) in [6, 6.07) is 3.42. The summed E-state index contributed by atoms with van der Waals surface area (Å²) in [6.45, 7) is 0. The minimum absolute atomic E-state index is 0.0371. The second-order valence-electron chi connectivity index (χ2n) is 1.43. The van der Waals surface area contributed by atoms with Crippen LogP contribution in [0.5, 0.6) is 0 Å². The van der Waals surface area contributed by atoms with Crippen molar-refractivity contribution in [3.05, 3.63) is 18.4 Å². The zero-order valence-corrected chi connectivity index (χ0v) is 5.37. The predicted molar refractivity (Wildman–Crippen MR) is 38.0 cm³/mol. The van der Waals surface area contributed by atoms with Crippen molar-refractivity contribution in [2.75, 3.05) is 5.32 Å². The average Bonchev–Trinajstić information content (AvgIpc) is 2.15. The second kappa shape index (κ2) is 2.50. The van der Waals surface area contributed by atoms with Gasteiger partial charge in [0.15, 0.2) is 11.0 Å². The summed E-state index contributed by atoms with van der Waals surface area (Å²) >= 11 is 4.44. The van der Waals surface area contributed by atoms with Crippen LogP contribution in [0, 0.1) is 0 Å². The van der Waals surface area contributed by atoms with Gasteiger partial charge < -0.3 is 9.73 Å². The first-order valence-corrected chi connectivity index (χ1v) is 2.76. The number of rotatable bonds is 1. The molecule has 0 unspecified atom stereocenters. The lowest BCUT2D eigenvalue weighted by molar-refractivity contribution is 0.586. The maximum absolute atomic E-state index is 6.81. The molecule has 9 heavy (non-hydrogen) atoms. The molecule has 1 aromatic rings. The Bertz CT molecular complexity index is 195. The van der Waals surface area contributed by atoms with Gasteiger partial charge in [-0.2, -0.15) is 0 Å². The first kappa shape index (κ1) is 6.10. The maximum Gasteiger partial charge on any atom is 0.198 e. The van der Waals surface area contributed by atoms with Crippen molar-refractivity contribution in [2.24, 2.45) is 0 Å². The van der Waals surface area contributed by atoms with Crippen LogP contribution in [0.1, 0.15) is 0 Å². The zero-order chi connectivity index (χ0) is 6.69. The molecule has 0 atom stereocenters. The third-order valence-electron chi connectivity index (χ3n) is 0.758. The fourth-order valence-corrected chi connectivity index (χ4v) is 0.562. The minimum atomic E-state index is -0.0371. The molecule has 1 radical (unpaired) electrons. The van der Waals surface area contributed by atoms with Crippen LogP contribution in [0.25, 0.3) is 0 Å². The summed E-state index contributed by atoms with van der Waals surface area (Å²) in [5.41, 5.74) is 6.81. The minimum Gasteiger partial charge on any atom is -0.449 e. The van der Waals surface area contributed by atoms with E-state index < -0.39 is 0 Å². The smallest absolute Gasteiger partial charge is 0.198 e. The van der Waals surface area contributed by atoms with Gasteiger partial charge in [0.2, 0.25) is 0 Å². The SMILES string of the molecule is [NH]C(=S)Nc1ccco1. The summed E-state index contributed by atoms with van der Waals surface area (Å²) in [6.07, 6.45) is 1.51. The summed E-state index contributed by atoms with van der Waals surface area (Å²) in [4.78, 5) is 0. The van der Waals surface area contributed by atoms with E-state index >= 15 is 0 Å². The lowest BCUT2D eigenvalue weighted by atomic mass is 10.6. The Morgan fingerprint density at radius 3 is 3.00 bits per heavy atom. The highest BCUT2D eigenvalue weighted by Crippen LogP contribution is 2.05. The molecule has 0 fully saturated rings. The van der Waals surface area contributed by atoms with Crippen LogP contribution >= 0.6 is 12.2 Å². The molecule has 1 aromatic heterocycles. The summed E-state index contributed by atoms with van der Waals surface area (Å²) < 4.78 is 4.83. The van der Waals surface area contributed by atoms with E-state index in [-0.39, 0.29) is 5.11 Å². The average molecular weight is 141 g/mol. The molecule has 0 aliphatic rings. The van der Waals surface area contributed by atoms with Gasteiger partial charge in [0.25, 0.3) is 0 Å². The Morgan fingerprint density at radius 1 is 1.78 bits per heavy atom. The van der Waals surface area contributed by atoms with Crippen molar-refractivity contribution in [3.8, 4) is 0 Å². The molecule has 0 aliphatic carbocycles. The second-order valence-corrected chi connectivity index (χ2v) is 1.84. The summed E-state index contributed by atoms with van der Waals surface area (Å²) in [5, 5.41) is 2.48. The third-order valence-corrected chi connectivity index (χ3v) is 0.860. The lowest BCUT2D eigenvalue weighted by Gasteiger charge is -1.93. The lowest BCUT2D eigenvalue weighted by Crippen LogP contribution is -2.07. The van der Waals surface area contributed by atoms with Crippen LogP contribution in [0.2, 0.25) is 0 Å². The number of thiocarbonyl (C=S) groups is 1. The van der Waals surface area contributed by atoms with Crippen molar-refractivity contribution in [1.29, 1.82) is 0 Å².